The molecule has 0 saturated carbocycles. The van der Waals surface area contributed by atoms with E-state index in [1.54, 1.807) is 24.2 Å². The van der Waals surface area contributed by atoms with Gasteiger partial charge in [-0.2, -0.15) is 5.10 Å². The van der Waals surface area contributed by atoms with Crippen LogP contribution in [0.2, 0.25) is 0 Å². The van der Waals surface area contributed by atoms with Gasteiger partial charge in [0.15, 0.2) is 0 Å². The summed E-state index contributed by atoms with van der Waals surface area (Å²) < 4.78 is 0. The number of carbonyl (C=O) groups excluding carboxylic acids is 1. The summed E-state index contributed by atoms with van der Waals surface area (Å²) in [7, 11) is 0. The van der Waals surface area contributed by atoms with Crippen molar-refractivity contribution in [2.24, 2.45) is 5.10 Å². The molecule has 0 atom stereocenters. The Labute approximate surface area is 99.5 Å². The average molecular weight is 237 g/mol. The van der Waals surface area contributed by atoms with E-state index in [4.69, 9.17) is 0 Å². The summed E-state index contributed by atoms with van der Waals surface area (Å²) in [6.07, 6.45) is 3.33. The van der Waals surface area contributed by atoms with E-state index in [-0.39, 0.29) is 5.91 Å². The first kappa shape index (κ1) is 12.7. The number of rotatable bonds is 4. The minimum absolute atomic E-state index is 0.181. The standard InChI is InChI=1S/C11H15N3OS/c1-4-16-11-5-10(6-12-8(11)2)7-13-14-9(3)15/h5-7H,4H2,1-3H3,(H,14,15)/b13-7+. The van der Waals surface area contributed by atoms with Crippen LogP contribution in [0.5, 0.6) is 0 Å². The van der Waals surface area contributed by atoms with Gasteiger partial charge in [0.25, 0.3) is 0 Å². The smallest absolute Gasteiger partial charge is 0.236 e. The van der Waals surface area contributed by atoms with E-state index in [2.05, 4.69) is 22.4 Å². The second kappa shape index (κ2) is 6.27. The number of pyridine rings is 1. The van der Waals surface area contributed by atoms with E-state index in [1.165, 1.54) is 6.92 Å². The molecular weight excluding hydrogens is 222 g/mol. The van der Waals surface area contributed by atoms with Crippen LogP contribution >= 0.6 is 11.8 Å². The third-order valence-electron chi connectivity index (χ3n) is 1.80. The Morgan fingerprint density at radius 2 is 2.44 bits per heavy atom. The molecule has 0 aromatic carbocycles. The second-order valence-electron chi connectivity index (χ2n) is 3.21. The first-order valence-corrected chi connectivity index (χ1v) is 6.01. The number of hydrazone groups is 1. The van der Waals surface area contributed by atoms with E-state index in [0.29, 0.717) is 0 Å². The van der Waals surface area contributed by atoms with Crippen LogP contribution in [0, 0.1) is 6.92 Å². The molecular formula is C11H15N3OS. The zero-order valence-electron chi connectivity index (χ0n) is 9.65. The van der Waals surface area contributed by atoms with Gasteiger partial charge < -0.3 is 0 Å². The predicted octanol–water partition coefficient (Wildman–Crippen LogP) is 1.97. The Kier molecular flexibility index (Phi) is 4.98. The lowest BCUT2D eigenvalue weighted by Crippen LogP contribution is -2.12. The quantitative estimate of drug-likeness (QED) is 0.495. The van der Waals surface area contributed by atoms with Crippen LogP contribution in [0.4, 0.5) is 0 Å². The zero-order chi connectivity index (χ0) is 12.0. The van der Waals surface area contributed by atoms with Crippen molar-refractivity contribution < 1.29 is 4.79 Å². The molecule has 0 bridgehead atoms. The first-order valence-electron chi connectivity index (χ1n) is 5.02. The van der Waals surface area contributed by atoms with Gasteiger partial charge in [0, 0.05) is 23.6 Å². The Morgan fingerprint density at radius 3 is 3.06 bits per heavy atom. The highest BCUT2D eigenvalue weighted by Gasteiger charge is 2.00. The van der Waals surface area contributed by atoms with Crippen molar-refractivity contribution in [3.63, 3.8) is 0 Å². The van der Waals surface area contributed by atoms with Crippen molar-refractivity contribution >= 4 is 23.9 Å². The van der Waals surface area contributed by atoms with Crippen LogP contribution in [0.15, 0.2) is 22.3 Å². The van der Waals surface area contributed by atoms with Crippen molar-refractivity contribution in [1.29, 1.82) is 0 Å². The van der Waals surface area contributed by atoms with E-state index in [0.717, 1.165) is 21.9 Å². The summed E-state index contributed by atoms with van der Waals surface area (Å²) in [4.78, 5) is 16.0. The lowest BCUT2D eigenvalue weighted by Gasteiger charge is -2.03. The van der Waals surface area contributed by atoms with Gasteiger partial charge in [-0.05, 0) is 18.7 Å². The van der Waals surface area contributed by atoms with Gasteiger partial charge in [0.05, 0.1) is 11.9 Å². The number of carbonyl (C=O) groups is 1. The van der Waals surface area contributed by atoms with Gasteiger partial charge in [-0.3, -0.25) is 9.78 Å². The molecule has 0 unspecified atom stereocenters. The number of aromatic nitrogens is 1. The molecule has 5 heteroatoms. The fourth-order valence-corrected chi connectivity index (χ4v) is 1.89. The van der Waals surface area contributed by atoms with E-state index >= 15 is 0 Å². The molecule has 0 aliphatic rings. The summed E-state index contributed by atoms with van der Waals surface area (Å²) >= 11 is 1.74. The molecule has 1 aromatic rings. The molecule has 86 valence electrons. The molecule has 4 nitrogen and oxygen atoms in total. The monoisotopic (exact) mass is 237 g/mol. The maximum Gasteiger partial charge on any atom is 0.236 e. The van der Waals surface area contributed by atoms with Crippen LogP contribution in [-0.4, -0.2) is 22.9 Å². The van der Waals surface area contributed by atoms with Gasteiger partial charge in [0.2, 0.25) is 5.91 Å². The Bertz CT molecular complexity index is 404. The molecule has 16 heavy (non-hydrogen) atoms. The van der Waals surface area contributed by atoms with E-state index in [1.807, 2.05) is 13.0 Å². The summed E-state index contributed by atoms with van der Waals surface area (Å²) in [6, 6.07) is 2.02. The summed E-state index contributed by atoms with van der Waals surface area (Å²) in [5.41, 5.74) is 4.26. The molecule has 0 aliphatic carbocycles. The van der Waals surface area contributed by atoms with Gasteiger partial charge in [-0.1, -0.05) is 6.92 Å². The largest absolute Gasteiger partial charge is 0.274 e. The fourth-order valence-electron chi connectivity index (χ4n) is 1.10. The van der Waals surface area contributed by atoms with Gasteiger partial charge in [-0.25, -0.2) is 5.43 Å². The number of hydrogen-bond donors (Lipinski definition) is 1. The van der Waals surface area contributed by atoms with Gasteiger partial charge in [0.1, 0.15) is 0 Å². The number of amides is 1. The highest BCUT2D eigenvalue weighted by Crippen LogP contribution is 2.20. The van der Waals surface area contributed by atoms with Crippen molar-refractivity contribution in [2.75, 3.05) is 5.75 Å². The molecule has 1 aromatic heterocycles. The summed E-state index contributed by atoms with van der Waals surface area (Å²) in [6.45, 7) is 5.50. The maximum absolute atomic E-state index is 10.6. The van der Waals surface area contributed by atoms with Crippen LogP contribution in [0.1, 0.15) is 25.1 Å². The number of aryl methyl sites for hydroxylation is 1. The van der Waals surface area contributed by atoms with Crippen LogP contribution in [0.3, 0.4) is 0 Å². The van der Waals surface area contributed by atoms with Crippen molar-refractivity contribution in [3.05, 3.63) is 23.5 Å². The Hall–Kier alpha value is -1.36. The molecule has 1 amide bonds. The maximum atomic E-state index is 10.6. The molecule has 1 N–H and O–H groups in total. The topological polar surface area (TPSA) is 54.4 Å². The average Bonchev–Trinajstić information content (AvgIpc) is 2.22. The predicted molar refractivity (Wildman–Crippen MR) is 66.8 cm³/mol. The lowest BCUT2D eigenvalue weighted by molar-refractivity contribution is -0.118. The van der Waals surface area contributed by atoms with E-state index in [9.17, 15) is 4.79 Å². The Morgan fingerprint density at radius 1 is 1.69 bits per heavy atom. The molecule has 0 saturated heterocycles. The SMILES string of the molecule is CCSc1cc(/C=N/NC(C)=O)cnc1C. The van der Waals surface area contributed by atoms with Crippen LogP contribution in [0.25, 0.3) is 0 Å². The van der Waals surface area contributed by atoms with E-state index < -0.39 is 0 Å². The summed E-state index contributed by atoms with van der Waals surface area (Å²) in [5.74, 6) is 0.828. The minimum Gasteiger partial charge on any atom is -0.274 e. The number of nitrogens with zero attached hydrogens (tertiary/aromatic N) is 2. The molecule has 0 fully saturated rings. The van der Waals surface area contributed by atoms with Crippen LogP contribution < -0.4 is 5.43 Å². The lowest BCUT2D eigenvalue weighted by atomic mass is 10.3. The van der Waals surface area contributed by atoms with Crippen molar-refractivity contribution in [3.8, 4) is 0 Å². The molecule has 0 aliphatic heterocycles. The normalized spacial score (nSPS) is 10.7. The number of thioether (sulfide) groups is 1. The first-order chi connectivity index (χ1) is 7.63. The molecule has 1 heterocycles. The minimum atomic E-state index is -0.181. The van der Waals surface area contributed by atoms with Gasteiger partial charge in [-0.15, -0.1) is 11.8 Å². The zero-order valence-corrected chi connectivity index (χ0v) is 10.5. The highest BCUT2D eigenvalue weighted by atomic mass is 32.2. The second-order valence-corrected chi connectivity index (χ2v) is 4.52. The number of hydrogen-bond acceptors (Lipinski definition) is 4. The molecule has 0 radical (unpaired) electrons. The summed E-state index contributed by atoms with van der Waals surface area (Å²) in [5, 5.41) is 3.80. The van der Waals surface area contributed by atoms with Crippen LogP contribution in [-0.2, 0) is 4.79 Å². The molecule has 0 spiro atoms. The third-order valence-corrected chi connectivity index (χ3v) is 2.81. The third kappa shape index (κ3) is 4.02. The fraction of sp³-hybridized carbons (Fsp3) is 0.364. The Balaban J connectivity index is 2.77. The highest BCUT2D eigenvalue weighted by molar-refractivity contribution is 7.99. The number of nitrogens with one attached hydrogen (secondary N) is 1. The van der Waals surface area contributed by atoms with Crippen molar-refractivity contribution in [2.45, 2.75) is 25.7 Å². The van der Waals surface area contributed by atoms with Gasteiger partial charge >= 0.3 is 0 Å². The molecule has 1 rings (SSSR count). The van der Waals surface area contributed by atoms with Crippen molar-refractivity contribution in [1.82, 2.24) is 10.4 Å².